The third-order valence-corrected chi connectivity index (χ3v) is 1.70. The highest BCUT2D eigenvalue weighted by Crippen LogP contribution is 2.19. The summed E-state index contributed by atoms with van der Waals surface area (Å²) in [5.41, 5.74) is 5.77. The number of rotatable bonds is 3. The van der Waals surface area contributed by atoms with Crippen LogP contribution < -0.4 is 10.5 Å². The summed E-state index contributed by atoms with van der Waals surface area (Å²) in [6.07, 6.45) is 0. The van der Waals surface area contributed by atoms with Crippen LogP contribution >= 0.6 is 0 Å². The van der Waals surface area contributed by atoms with Crippen LogP contribution in [0.15, 0.2) is 24.3 Å². The average molecular weight is 203 g/mol. The van der Waals surface area contributed by atoms with Crippen LogP contribution in [0.5, 0.6) is 5.75 Å². The second-order valence-electron chi connectivity index (χ2n) is 2.38. The van der Waals surface area contributed by atoms with Crippen LogP contribution in [0.25, 0.3) is 0 Å². The molecule has 72 valence electrons. The van der Waals surface area contributed by atoms with E-state index in [1.54, 1.807) is 18.2 Å². The van der Waals surface area contributed by atoms with Gasteiger partial charge in [-0.05, 0) is 12.1 Å². The maximum absolute atomic E-state index is 10.3. The van der Waals surface area contributed by atoms with Crippen molar-refractivity contribution in [2.24, 2.45) is 0 Å². The smallest absolute Gasteiger partial charge is 0.300 e. The average Bonchev–Trinajstić information content (AvgIpc) is 2.01. The zero-order chi connectivity index (χ0) is 9.90. The highest BCUT2D eigenvalue weighted by atomic mass is 32.2. The third-order valence-electron chi connectivity index (χ3n) is 1.28. The predicted octanol–water partition coefficient (Wildman–Crippen LogP) is 0.493. The quantitative estimate of drug-likeness (QED) is 0.551. The van der Waals surface area contributed by atoms with Crippen molar-refractivity contribution in [2.45, 2.75) is 0 Å². The summed E-state index contributed by atoms with van der Waals surface area (Å²) >= 11 is 0. The van der Waals surface area contributed by atoms with E-state index in [0.29, 0.717) is 5.69 Å². The van der Waals surface area contributed by atoms with Gasteiger partial charge in [0.25, 0.3) is 0 Å². The highest BCUT2D eigenvalue weighted by molar-refractivity contribution is 7.85. The van der Waals surface area contributed by atoms with E-state index in [9.17, 15) is 8.42 Å². The van der Waals surface area contributed by atoms with Crippen LogP contribution in [0.1, 0.15) is 0 Å². The van der Waals surface area contributed by atoms with Gasteiger partial charge in [0.1, 0.15) is 5.75 Å². The van der Waals surface area contributed by atoms with Crippen molar-refractivity contribution in [1.29, 1.82) is 0 Å². The maximum atomic E-state index is 10.3. The van der Waals surface area contributed by atoms with Gasteiger partial charge in [-0.15, -0.1) is 0 Å². The zero-order valence-corrected chi connectivity index (χ0v) is 7.49. The molecule has 0 spiro atoms. The van der Waals surface area contributed by atoms with Gasteiger partial charge in [-0.1, -0.05) is 12.1 Å². The molecule has 0 fully saturated rings. The lowest BCUT2D eigenvalue weighted by molar-refractivity contribution is 0.354. The number of para-hydroxylation sites is 2. The first-order valence-electron chi connectivity index (χ1n) is 3.41. The van der Waals surface area contributed by atoms with E-state index in [4.69, 9.17) is 15.0 Å². The molecule has 0 bridgehead atoms. The summed E-state index contributed by atoms with van der Waals surface area (Å²) in [6, 6.07) is 6.42. The normalized spacial score (nSPS) is 11.2. The summed E-state index contributed by atoms with van der Waals surface area (Å²) in [7, 11) is -4.12. The monoisotopic (exact) mass is 203 g/mol. The van der Waals surface area contributed by atoms with Crippen LogP contribution in [0, 0.1) is 0 Å². The van der Waals surface area contributed by atoms with Crippen molar-refractivity contribution in [3.63, 3.8) is 0 Å². The number of hydrogen-bond acceptors (Lipinski definition) is 4. The minimum Gasteiger partial charge on any atom is -0.473 e. The van der Waals surface area contributed by atoms with Crippen molar-refractivity contribution in [1.82, 2.24) is 0 Å². The molecule has 3 N–H and O–H groups in total. The van der Waals surface area contributed by atoms with Crippen LogP contribution in [0.2, 0.25) is 0 Å². The van der Waals surface area contributed by atoms with E-state index in [0.717, 1.165) is 0 Å². The van der Waals surface area contributed by atoms with E-state index >= 15 is 0 Å². The fraction of sp³-hybridized carbons (Fsp3) is 0.143. The van der Waals surface area contributed by atoms with Crippen molar-refractivity contribution in [3.05, 3.63) is 24.3 Å². The molecule has 0 amide bonds. The Morgan fingerprint density at radius 1 is 1.38 bits per heavy atom. The lowest BCUT2D eigenvalue weighted by atomic mass is 10.3. The topological polar surface area (TPSA) is 89.6 Å². The van der Waals surface area contributed by atoms with Gasteiger partial charge in [-0.2, -0.15) is 8.42 Å². The van der Waals surface area contributed by atoms with Crippen molar-refractivity contribution in [3.8, 4) is 5.75 Å². The van der Waals surface area contributed by atoms with Gasteiger partial charge in [0, 0.05) is 0 Å². The number of nitrogens with two attached hydrogens (primary N) is 1. The van der Waals surface area contributed by atoms with Gasteiger partial charge in [-0.3, -0.25) is 4.55 Å². The minimum absolute atomic E-state index is 0.236. The first kappa shape index (κ1) is 9.82. The lowest BCUT2D eigenvalue weighted by Gasteiger charge is -2.05. The van der Waals surface area contributed by atoms with Crippen LogP contribution in [0.4, 0.5) is 5.69 Å². The molecule has 0 aromatic heterocycles. The Morgan fingerprint density at radius 3 is 2.54 bits per heavy atom. The van der Waals surface area contributed by atoms with Crippen LogP contribution in [-0.2, 0) is 10.1 Å². The second-order valence-corrected chi connectivity index (χ2v) is 3.78. The Kier molecular flexibility index (Phi) is 2.74. The summed E-state index contributed by atoms with van der Waals surface area (Å²) in [4.78, 5) is 0. The summed E-state index contributed by atoms with van der Waals surface area (Å²) in [5.74, 6) is -0.554. The first-order valence-corrected chi connectivity index (χ1v) is 5.02. The molecule has 0 saturated carbocycles. The number of hydrogen-bond donors (Lipinski definition) is 2. The van der Waals surface area contributed by atoms with Gasteiger partial charge in [0.05, 0.1) is 5.69 Å². The molecular formula is C7H9NO4S. The van der Waals surface area contributed by atoms with Crippen LogP contribution in [0.3, 0.4) is 0 Å². The molecule has 6 heteroatoms. The summed E-state index contributed by atoms with van der Waals surface area (Å²) in [6.45, 7) is 0. The number of benzene rings is 1. The molecule has 0 aliphatic carbocycles. The van der Waals surface area contributed by atoms with Gasteiger partial charge in [0.15, 0.2) is 0 Å². The van der Waals surface area contributed by atoms with E-state index in [1.165, 1.54) is 6.07 Å². The Hall–Kier alpha value is -1.27. The van der Waals surface area contributed by atoms with Gasteiger partial charge >= 0.3 is 10.1 Å². The Labute approximate surface area is 75.9 Å². The summed E-state index contributed by atoms with van der Waals surface area (Å²) in [5, 5.41) is 0. The van der Waals surface area contributed by atoms with E-state index in [-0.39, 0.29) is 5.75 Å². The molecular weight excluding hydrogens is 194 g/mol. The van der Waals surface area contributed by atoms with E-state index in [1.807, 2.05) is 0 Å². The molecule has 0 saturated heterocycles. The molecule has 0 aliphatic rings. The second kappa shape index (κ2) is 3.63. The standard InChI is InChI=1S/C7H9NO4S/c8-6-3-1-2-4-7(6)12-5-13(9,10)11/h1-4H,5,8H2,(H,9,10,11). The predicted molar refractivity (Wildman–Crippen MR) is 47.9 cm³/mol. The number of nitrogen functional groups attached to an aromatic ring is 1. The number of ether oxygens (including phenoxy) is 1. The van der Waals surface area contributed by atoms with Gasteiger partial charge in [-0.25, -0.2) is 0 Å². The molecule has 0 unspecified atom stereocenters. The molecule has 1 rings (SSSR count). The molecule has 0 radical (unpaired) electrons. The van der Waals surface area contributed by atoms with Crippen LogP contribution in [-0.4, -0.2) is 18.9 Å². The molecule has 5 nitrogen and oxygen atoms in total. The largest absolute Gasteiger partial charge is 0.473 e. The molecule has 0 aliphatic heterocycles. The van der Waals surface area contributed by atoms with E-state index in [2.05, 4.69) is 0 Å². The van der Waals surface area contributed by atoms with Crippen molar-refractivity contribution < 1.29 is 17.7 Å². The van der Waals surface area contributed by atoms with E-state index < -0.39 is 16.1 Å². The highest BCUT2D eigenvalue weighted by Gasteiger charge is 2.06. The molecule has 0 heterocycles. The third kappa shape index (κ3) is 3.30. The Balaban J connectivity index is 2.71. The van der Waals surface area contributed by atoms with Gasteiger partial charge in [0.2, 0.25) is 5.94 Å². The van der Waals surface area contributed by atoms with Crippen molar-refractivity contribution >= 4 is 15.8 Å². The Bertz CT molecular complexity index is 387. The number of anilines is 1. The lowest BCUT2D eigenvalue weighted by Crippen LogP contribution is -2.11. The van der Waals surface area contributed by atoms with Crippen molar-refractivity contribution in [2.75, 3.05) is 11.7 Å². The molecule has 1 aromatic rings. The Morgan fingerprint density at radius 2 is 2.00 bits per heavy atom. The molecule has 13 heavy (non-hydrogen) atoms. The molecule has 1 aromatic carbocycles. The zero-order valence-electron chi connectivity index (χ0n) is 6.67. The minimum atomic E-state index is -4.12. The molecule has 0 atom stereocenters. The fourth-order valence-electron chi connectivity index (χ4n) is 0.750. The maximum Gasteiger partial charge on any atom is 0.300 e. The fourth-order valence-corrected chi connectivity index (χ4v) is 1.03. The SMILES string of the molecule is Nc1ccccc1OCS(=O)(=O)O. The van der Waals surface area contributed by atoms with Gasteiger partial charge < -0.3 is 10.5 Å². The summed E-state index contributed by atoms with van der Waals surface area (Å²) < 4.78 is 33.7. The first-order chi connectivity index (χ1) is 5.99.